The summed E-state index contributed by atoms with van der Waals surface area (Å²) in [5.41, 5.74) is 6.22. The number of benzene rings is 1. The first-order valence-electron chi connectivity index (χ1n) is 6.80. The molecule has 7 heteroatoms. The minimum Gasteiger partial charge on any atom is -0.481 e. The Morgan fingerprint density at radius 3 is 2.62 bits per heavy atom. The van der Waals surface area contributed by atoms with Crippen LogP contribution in [0.2, 0.25) is 0 Å². The summed E-state index contributed by atoms with van der Waals surface area (Å²) in [5, 5.41) is 11.0. The van der Waals surface area contributed by atoms with E-state index in [1.165, 1.54) is 6.07 Å². The van der Waals surface area contributed by atoms with Gasteiger partial charge in [-0.25, -0.2) is 4.39 Å². The van der Waals surface area contributed by atoms with Crippen LogP contribution in [0.15, 0.2) is 18.2 Å². The van der Waals surface area contributed by atoms with Crippen molar-refractivity contribution in [3.63, 3.8) is 0 Å². The predicted molar refractivity (Wildman–Crippen MR) is 76.7 cm³/mol. The molecule has 6 nitrogen and oxygen atoms in total. The summed E-state index contributed by atoms with van der Waals surface area (Å²) in [6.07, 6.45) is 1.62. The normalized spacial score (nSPS) is 15.8. The van der Waals surface area contributed by atoms with E-state index in [0.717, 1.165) is 25.9 Å². The largest absolute Gasteiger partial charge is 0.481 e. The maximum atomic E-state index is 14.0. The molecule has 0 radical (unpaired) electrons. The second-order valence-corrected chi connectivity index (χ2v) is 5.05. The Hall–Kier alpha value is -2.15. The first-order valence-corrected chi connectivity index (χ1v) is 6.80. The monoisotopic (exact) mass is 295 g/mol. The Morgan fingerprint density at radius 1 is 1.38 bits per heavy atom. The number of carboxylic acid groups (broad SMARTS) is 1. The number of nitrogens with one attached hydrogen (secondary N) is 1. The minimum absolute atomic E-state index is 0.265. The van der Waals surface area contributed by atoms with E-state index >= 15 is 0 Å². The number of carbonyl (C=O) groups excluding carboxylic acids is 1. The van der Waals surface area contributed by atoms with Crippen LogP contribution >= 0.6 is 0 Å². The third kappa shape index (κ3) is 3.91. The Bertz CT molecular complexity index is 544. The second kappa shape index (κ2) is 6.53. The van der Waals surface area contributed by atoms with E-state index in [1.807, 2.05) is 4.90 Å². The van der Waals surface area contributed by atoms with E-state index in [9.17, 15) is 14.0 Å². The molecule has 1 aromatic carbocycles. The Kier molecular flexibility index (Phi) is 4.74. The number of anilines is 2. The summed E-state index contributed by atoms with van der Waals surface area (Å²) in [6, 6.07) is 3.25. The van der Waals surface area contributed by atoms with Crippen molar-refractivity contribution in [3.8, 4) is 0 Å². The van der Waals surface area contributed by atoms with Gasteiger partial charge in [-0.15, -0.1) is 0 Å². The number of carbonyl (C=O) groups is 2. The number of carboxylic acids is 1. The van der Waals surface area contributed by atoms with Crippen LogP contribution in [0.25, 0.3) is 0 Å². The van der Waals surface area contributed by atoms with Gasteiger partial charge in [0.1, 0.15) is 5.82 Å². The summed E-state index contributed by atoms with van der Waals surface area (Å²) in [6.45, 7) is 1.65. The zero-order valence-corrected chi connectivity index (χ0v) is 11.5. The van der Waals surface area contributed by atoms with Gasteiger partial charge in [-0.1, -0.05) is 0 Å². The minimum atomic E-state index is -1.16. The maximum Gasteiger partial charge on any atom is 0.305 e. The molecule has 21 heavy (non-hydrogen) atoms. The van der Waals surface area contributed by atoms with Crippen LogP contribution in [0, 0.1) is 5.82 Å². The number of nitrogens with zero attached hydrogens (tertiary/aromatic N) is 1. The molecule has 0 aliphatic carbocycles. The zero-order chi connectivity index (χ0) is 15.4. The average molecular weight is 295 g/mol. The third-order valence-corrected chi connectivity index (χ3v) is 3.39. The molecule has 0 spiro atoms. The highest BCUT2D eigenvalue weighted by atomic mass is 19.1. The molecule has 1 amide bonds. The average Bonchev–Trinajstić information content (AvgIpc) is 2.91. The number of amides is 1. The van der Waals surface area contributed by atoms with Crippen LogP contribution in [0.3, 0.4) is 0 Å². The summed E-state index contributed by atoms with van der Waals surface area (Å²) in [7, 11) is 0. The van der Waals surface area contributed by atoms with Gasteiger partial charge >= 0.3 is 5.97 Å². The van der Waals surface area contributed by atoms with Crippen LogP contribution in [-0.4, -0.2) is 36.1 Å². The van der Waals surface area contributed by atoms with Crippen LogP contribution in [0.5, 0.6) is 0 Å². The molecule has 1 aliphatic heterocycles. The van der Waals surface area contributed by atoms with Gasteiger partial charge in [0.2, 0.25) is 5.91 Å². The van der Waals surface area contributed by atoms with Gasteiger partial charge in [-0.2, -0.15) is 0 Å². The van der Waals surface area contributed by atoms with E-state index in [0.29, 0.717) is 5.69 Å². The molecule has 1 heterocycles. The Balaban J connectivity index is 2.02. The maximum absolute atomic E-state index is 14.0. The molecule has 0 aromatic heterocycles. The third-order valence-electron chi connectivity index (χ3n) is 3.39. The van der Waals surface area contributed by atoms with E-state index in [2.05, 4.69) is 5.32 Å². The molecule has 1 aromatic rings. The number of nitrogens with two attached hydrogens (primary N) is 1. The van der Waals surface area contributed by atoms with Crippen molar-refractivity contribution in [2.24, 2.45) is 5.73 Å². The van der Waals surface area contributed by atoms with Crippen molar-refractivity contribution in [2.75, 3.05) is 23.3 Å². The van der Waals surface area contributed by atoms with Gasteiger partial charge in [0.25, 0.3) is 0 Å². The Morgan fingerprint density at radius 2 is 2.05 bits per heavy atom. The summed E-state index contributed by atoms with van der Waals surface area (Å²) in [5.74, 6) is -2.22. The van der Waals surface area contributed by atoms with Crippen molar-refractivity contribution in [3.05, 3.63) is 24.0 Å². The SMILES string of the molecule is NC(CC(=O)O)C(=O)Nc1ccc(N2CCCC2)c(F)c1. The molecule has 4 N–H and O–H groups in total. The van der Waals surface area contributed by atoms with Gasteiger partial charge < -0.3 is 21.1 Å². The second-order valence-electron chi connectivity index (χ2n) is 5.05. The molecular weight excluding hydrogens is 277 g/mol. The fourth-order valence-corrected chi connectivity index (χ4v) is 2.31. The summed E-state index contributed by atoms with van der Waals surface area (Å²) < 4.78 is 14.0. The predicted octanol–water partition coefficient (Wildman–Crippen LogP) is 1.17. The number of aliphatic carboxylic acids is 1. The van der Waals surface area contributed by atoms with E-state index in [4.69, 9.17) is 10.8 Å². The molecule has 1 fully saturated rings. The highest BCUT2D eigenvalue weighted by Crippen LogP contribution is 2.26. The number of rotatable bonds is 5. The van der Waals surface area contributed by atoms with Crippen LogP contribution in [-0.2, 0) is 9.59 Å². The lowest BCUT2D eigenvalue weighted by Gasteiger charge is -2.19. The molecular formula is C14H18FN3O3. The summed E-state index contributed by atoms with van der Waals surface area (Å²) >= 11 is 0. The molecule has 0 bridgehead atoms. The fourth-order valence-electron chi connectivity index (χ4n) is 2.31. The van der Waals surface area contributed by atoms with Crippen LogP contribution in [0.1, 0.15) is 19.3 Å². The van der Waals surface area contributed by atoms with Gasteiger partial charge in [0.05, 0.1) is 18.2 Å². The van der Waals surface area contributed by atoms with Gasteiger partial charge in [0, 0.05) is 18.8 Å². The molecule has 0 saturated carbocycles. The van der Waals surface area contributed by atoms with Gasteiger partial charge in [-0.05, 0) is 31.0 Å². The lowest BCUT2D eigenvalue weighted by molar-refractivity contribution is -0.138. The first kappa shape index (κ1) is 15.2. The Labute approximate surface area is 121 Å². The lowest BCUT2D eigenvalue weighted by Crippen LogP contribution is -2.37. The molecule has 1 saturated heterocycles. The molecule has 114 valence electrons. The van der Waals surface area contributed by atoms with Gasteiger partial charge in [0.15, 0.2) is 0 Å². The molecule has 2 rings (SSSR count). The van der Waals surface area contributed by atoms with Crippen LogP contribution < -0.4 is 16.0 Å². The lowest BCUT2D eigenvalue weighted by atomic mass is 10.2. The summed E-state index contributed by atoms with van der Waals surface area (Å²) in [4.78, 5) is 24.1. The van der Waals surface area contributed by atoms with Crippen molar-refractivity contribution in [1.29, 1.82) is 0 Å². The number of hydrogen-bond acceptors (Lipinski definition) is 4. The fraction of sp³-hybridized carbons (Fsp3) is 0.429. The molecule has 1 aliphatic rings. The molecule has 1 atom stereocenters. The van der Waals surface area contributed by atoms with E-state index in [1.54, 1.807) is 12.1 Å². The zero-order valence-electron chi connectivity index (χ0n) is 11.5. The van der Waals surface area contributed by atoms with Crippen LogP contribution in [0.4, 0.5) is 15.8 Å². The van der Waals surface area contributed by atoms with Crippen molar-refractivity contribution < 1.29 is 19.1 Å². The highest BCUT2D eigenvalue weighted by Gasteiger charge is 2.19. The topological polar surface area (TPSA) is 95.7 Å². The van der Waals surface area contributed by atoms with E-state index < -0.39 is 30.2 Å². The highest BCUT2D eigenvalue weighted by molar-refractivity contribution is 5.96. The number of hydrogen-bond donors (Lipinski definition) is 3. The van der Waals surface area contributed by atoms with Crippen molar-refractivity contribution in [1.82, 2.24) is 0 Å². The van der Waals surface area contributed by atoms with Gasteiger partial charge in [-0.3, -0.25) is 9.59 Å². The van der Waals surface area contributed by atoms with E-state index in [-0.39, 0.29) is 5.69 Å². The first-order chi connectivity index (χ1) is 9.97. The van der Waals surface area contributed by atoms with Crippen molar-refractivity contribution >= 4 is 23.3 Å². The molecule has 1 unspecified atom stereocenters. The number of halogens is 1. The smallest absolute Gasteiger partial charge is 0.305 e. The quantitative estimate of drug-likeness (QED) is 0.757. The van der Waals surface area contributed by atoms with Crippen molar-refractivity contribution in [2.45, 2.75) is 25.3 Å². The standard InChI is InChI=1S/C14H18FN3O3/c15-10-7-9(17-14(21)11(16)8-13(19)20)3-4-12(10)18-5-1-2-6-18/h3-4,7,11H,1-2,5-6,8,16H2,(H,17,21)(H,19,20).